The molecule has 3 rings (SSSR count). The molecule has 0 fully saturated rings. The second-order valence-corrected chi connectivity index (χ2v) is 6.28. The Hall–Kier alpha value is -1.85. The van der Waals surface area contributed by atoms with Gasteiger partial charge in [0.15, 0.2) is 12.2 Å². The molecular weight excluding hydrogens is 432 g/mol. The zero-order valence-corrected chi connectivity index (χ0v) is 16.4. The third-order valence-electron chi connectivity index (χ3n) is 3.68. The molecule has 0 radical (unpaired) electrons. The molecule has 0 amide bonds. The van der Waals surface area contributed by atoms with Gasteiger partial charge in [-0.25, -0.2) is 4.57 Å². The molecule has 0 aliphatic carbocycles. The maximum Gasteiger partial charge on any atom is 0.287 e. The number of hydrogen-bond acceptors (Lipinski definition) is 2. The average Bonchev–Trinajstić information content (AvgIpc) is 2.57. The molecular formula is C19H17Br2N2O+. The molecule has 0 bridgehead atoms. The highest BCUT2D eigenvalue weighted by Crippen LogP contribution is 2.19. The molecule has 3 aromatic rings. The number of halogens is 2. The molecule has 0 aliphatic heterocycles. The van der Waals surface area contributed by atoms with E-state index in [1.165, 1.54) is 5.56 Å². The van der Waals surface area contributed by atoms with Crippen molar-refractivity contribution in [3.63, 3.8) is 0 Å². The fraction of sp³-hybridized carbons (Fsp3) is 0.105. The number of aryl methyl sites for hydroxylation is 1. The number of Topliss-reactive ketones (excluding diaryl/α,β-unsaturated/α-hetero) is 1. The van der Waals surface area contributed by atoms with Gasteiger partial charge in [0.2, 0.25) is 5.78 Å². The number of nitrogens with zero attached hydrogens (tertiary/aromatic N) is 2. The monoisotopic (exact) mass is 447 g/mol. The Balaban J connectivity index is 0.00000208. The Morgan fingerprint density at radius 1 is 1.08 bits per heavy atom. The minimum atomic E-state index is 0. The van der Waals surface area contributed by atoms with Crippen molar-refractivity contribution in [2.75, 3.05) is 0 Å². The minimum Gasteiger partial charge on any atom is -0.290 e. The van der Waals surface area contributed by atoms with Crippen LogP contribution in [0.4, 0.5) is 0 Å². The first kappa shape index (κ1) is 18.5. The van der Waals surface area contributed by atoms with Crippen LogP contribution in [0.5, 0.6) is 0 Å². The fourth-order valence-corrected chi connectivity index (χ4v) is 2.65. The standard InChI is InChI=1S/C19H16BrN2O.BrH/c1-14-4-2-3-5-17(14)18-10-11-22(13-21-18)12-19(23)15-6-8-16(20)9-7-15;/h2-11,13H,12H2,1H3;1H/q+1;. The first-order valence-corrected chi connectivity index (χ1v) is 8.12. The lowest BCUT2D eigenvalue weighted by molar-refractivity contribution is -0.686. The van der Waals surface area contributed by atoms with Crippen LogP contribution in [0.3, 0.4) is 0 Å². The van der Waals surface area contributed by atoms with Crippen LogP contribution in [0, 0.1) is 6.92 Å². The van der Waals surface area contributed by atoms with Gasteiger partial charge in [-0.3, -0.25) is 4.79 Å². The van der Waals surface area contributed by atoms with Crippen molar-refractivity contribution in [1.82, 2.24) is 4.98 Å². The number of benzene rings is 2. The zero-order valence-electron chi connectivity index (χ0n) is 13.1. The summed E-state index contributed by atoms with van der Waals surface area (Å²) < 4.78 is 2.76. The Morgan fingerprint density at radius 3 is 2.42 bits per heavy atom. The van der Waals surface area contributed by atoms with Crippen LogP contribution in [-0.4, -0.2) is 10.8 Å². The minimum absolute atomic E-state index is 0. The van der Waals surface area contributed by atoms with Crippen molar-refractivity contribution in [3.8, 4) is 11.3 Å². The maximum absolute atomic E-state index is 12.3. The number of carbonyl (C=O) groups is 1. The van der Waals surface area contributed by atoms with E-state index in [1.807, 2.05) is 48.7 Å². The molecule has 1 aromatic heterocycles. The van der Waals surface area contributed by atoms with Crippen molar-refractivity contribution in [2.45, 2.75) is 13.5 Å². The molecule has 0 aliphatic rings. The van der Waals surface area contributed by atoms with Crippen LogP contribution in [-0.2, 0) is 6.54 Å². The molecule has 0 N–H and O–H groups in total. The van der Waals surface area contributed by atoms with Crippen LogP contribution in [0.25, 0.3) is 11.3 Å². The van der Waals surface area contributed by atoms with Crippen LogP contribution in [0.15, 0.2) is 71.6 Å². The third kappa shape index (κ3) is 4.36. The Labute approximate surface area is 160 Å². The van der Waals surface area contributed by atoms with Gasteiger partial charge in [-0.05, 0) is 29.6 Å². The van der Waals surface area contributed by atoms with Gasteiger partial charge in [-0.1, -0.05) is 52.3 Å². The van der Waals surface area contributed by atoms with E-state index in [1.54, 1.807) is 10.9 Å². The summed E-state index contributed by atoms with van der Waals surface area (Å²) in [7, 11) is 0. The van der Waals surface area contributed by atoms with E-state index in [2.05, 4.69) is 40.0 Å². The molecule has 1 heterocycles. The largest absolute Gasteiger partial charge is 0.290 e. The maximum atomic E-state index is 12.3. The quantitative estimate of drug-likeness (QED) is 0.432. The van der Waals surface area contributed by atoms with Gasteiger partial charge in [-0.15, -0.1) is 17.0 Å². The predicted octanol–water partition coefficient (Wildman–Crippen LogP) is 4.57. The van der Waals surface area contributed by atoms with E-state index in [0.29, 0.717) is 5.56 Å². The van der Waals surface area contributed by atoms with Gasteiger partial charge >= 0.3 is 0 Å². The number of ketones is 1. The molecule has 122 valence electrons. The number of hydrogen-bond donors (Lipinski definition) is 0. The van der Waals surface area contributed by atoms with E-state index >= 15 is 0 Å². The normalized spacial score (nSPS) is 10.1. The molecule has 0 saturated carbocycles. The number of rotatable bonds is 4. The summed E-state index contributed by atoms with van der Waals surface area (Å²) in [5.74, 6) is 0.0629. The smallest absolute Gasteiger partial charge is 0.287 e. The van der Waals surface area contributed by atoms with Crippen molar-refractivity contribution in [3.05, 3.63) is 82.7 Å². The lowest BCUT2D eigenvalue weighted by Gasteiger charge is -2.02. The first-order valence-electron chi connectivity index (χ1n) is 7.33. The third-order valence-corrected chi connectivity index (χ3v) is 4.21. The summed E-state index contributed by atoms with van der Waals surface area (Å²) in [4.78, 5) is 16.7. The van der Waals surface area contributed by atoms with Crippen molar-refractivity contribution in [1.29, 1.82) is 0 Å². The highest BCUT2D eigenvalue weighted by Gasteiger charge is 2.12. The number of aromatic nitrogens is 2. The highest BCUT2D eigenvalue weighted by atomic mass is 79.9. The molecule has 5 heteroatoms. The van der Waals surface area contributed by atoms with Crippen LogP contribution < -0.4 is 4.57 Å². The van der Waals surface area contributed by atoms with E-state index in [4.69, 9.17) is 0 Å². The Kier molecular flexibility index (Phi) is 6.40. The van der Waals surface area contributed by atoms with E-state index in [9.17, 15) is 4.79 Å². The van der Waals surface area contributed by atoms with Crippen LogP contribution in [0.1, 0.15) is 15.9 Å². The summed E-state index contributed by atoms with van der Waals surface area (Å²) in [5.41, 5.74) is 3.90. The molecule has 3 nitrogen and oxygen atoms in total. The van der Waals surface area contributed by atoms with Gasteiger partial charge in [0, 0.05) is 21.7 Å². The van der Waals surface area contributed by atoms with E-state index in [-0.39, 0.29) is 29.3 Å². The lowest BCUT2D eigenvalue weighted by atomic mass is 10.1. The Bertz CT molecular complexity index is 831. The SMILES string of the molecule is Br.Cc1ccccc1-c1cc[n+](CC(=O)c2ccc(Br)cc2)cn1. The zero-order chi connectivity index (χ0) is 16.2. The van der Waals surface area contributed by atoms with Gasteiger partial charge < -0.3 is 0 Å². The van der Waals surface area contributed by atoms with Crippen LogP contribution in [0.2, 0.25) is 0 Å². The summed E-state index contributed by atoms with van der Waals surface area (Å²) in [6.07, 6.45) is 3.60. The van der Waals surface area contributed by atoms with E-state index in [0.717, 1.165) is 15.7 Å². The van der Waals surface area contributed by atoms with E-state index < -0.39 is 0 Å². The van der Waals surface area contributed by atoms with Crippen LogP contribution >= 0.6 is 32.9 Å². The van der Waals surface area contributed by atoms with Crippen molar-refractivity contribution >= 4 is 38.7 Å². The Morgan fingerprint density at radius 2 is 1.79 bits per heavy atom. The summed E-state index contributed by atoms with van der Waals surface area (Å²) >= 11 is 3.37. The molecule has 2 aromatic carbocycles. The summed E-state index contributed by atoms with van der Waals surface area (Å²) in [5, 5.41) is 0. The number of carbonyl (C=O) groups excluding carboxylic acids is 1. The highest BCUT2D eigenvalue weighted by molar-refractivity contribution is 9.10. The average molecular weight is 449 g/mol. The first-order chi connectivity index (χ1) is 11.1. The lowest BCUT2D eigenvalue weighted by Crippen LogP contribution is -2.37. The van der Waals surface area contributed by atoms with Gasteiger partial charge in [0.25, 0.3) is 6.33 Å². The topological polar surface area (TPSA) is 33.8 Å². The van der Waals surface area contributed by atoms with Crippen molar-refractivity contribution < 1.29 is 9.36 Å². The molecule has 0 unspecified atom stereocenters. The van der Waals surface area contributed by atoms with Gasteiger partial charge in [0.05, 0.1) is 6.20 Å². The summed E-state index contributed by atoms with van der Waals surface area (Å²) in [6, 6.07) is 17.5. The second-order valence-electron chi connectivity index (χ2n) is 5.36. The predicted molar refractivity (Wildman–Crippen MR) is 103 cm³/mol. The molecule has 24 heavy (non-hydrogen) atoms. The van der Waals surface area contributed by atoms with Gasteiger partial charge in [0.1, 0.15) is 0 Å². The summed E-state index contributed by atoms with van der Waals surface area (Å²) in [6.45, 7) is 2.35. The molecule has 0 saturated heterocycles. The molecule has 0 atom stereocenters. The second kappa shape index (κ2) is 8.31. The molecule has 0 spiro atoms. The fourth-order valence-electron chi connectivity index (χ4n) is 2.39. The van der Waals surface area contributed by atoms with Gasteiger partial charge in [-0.2, -0.15) is 0 Å². The van der Waals surface area contributed by atoms with Crippen molar-refractivity contribution in [2.24, 2.45) is 0 Å².